The molecule has 12 heavy (non-hydrogen) atoms. The van der Waals surface area contributed by atoms with Crippen LogP contribution in [0.5, 0.6) is 5.75 Å². The first-order valence-corrected chi connectivity index (χ1v) is 4.59. The number of aromatic hydroxyl groups is 1. The summed E-state index contributed by atoms with van der Waals surface area (Å²) in [4.78, 5) is 4.14. The minimum atomic E-state index is 0.296. The maximum atomic E-state index is 9.51. The van der Waals surface area contributed by atoms with E-state index >= 15 is 0 Å². The minimum absolute atomic E-state index is 0.296. The molecule has 0 aliphatic heterocycles. The molecule has 0 spiro atoms. The summed E-state index contributed by atoms with van der Waals surface area (Å²) in [5.41, 5.74) is 0.835. The lowest BCUT2D eigenvalue weighted by Crippen LogP contribution is -1.81. The summed E-state index contributed by atoms with van der Waals surface area (Å²) in [5, 5.41) is 10.3. The summed E-state index contributed by atoms with van der Waals surface area (Å²) in [6.07, 6.45) is 1.74. The molecule has 2 aromatic rings. The van der Waals surface area contributed by atoms with Crippen LogP contribution in [0.4, 0.5) is 0 Å². The quantitative estimate of drug-likeness (QED) is 0.747. The summed E-state index contributed by atoms with van der Waals surface area (Å²) in [7, 11) is 0. The zero-order chi connectivity index (χ0) is 8.55. The van der Waals surface area contributed by atoms with Crippen molar-refractivity contribution in [1.82, 2.24) is 4.98 Å². The van der Waals surface area contributed by atoms with Gasteiger partial charge in [-0.2, -0.15) is 0 Å². The monoisotopic (exact) mass is 271 g/mol. The van der Waals surface area contributed by atoms with Crippen molar-refractivity contribution in [1.29, 1.82) is 0 Å². The average molecular weight is 271 g/mol. The highest BCUT2D eigenvalue weighted by molar-refractivity contribution is 14.1. The Balaban J connectivity index is 2.96. The molecule has 0 aliphatic rings. The van der Waals surface area contributed by atoms with Gasteiger partial charge in [-0.05, 0) is 40.8 Å². The molecule has 0 aliphatic carbocycles. The molecule has 60 valence electrons. The summed E-state index contributed by atoms with van der Waals surface area (Å²) >= 11 is 2.18. The molecule has 1 N–H and O–H groups in total. The number of fused-ring (bicyclic) bond motifs is 1. The molecule has 0 unspecified atom stereocenters. The lowest BCUT2D eigenvalue weighted by Gasteiger charge is -2.00. The molecular formula is C9H6INO. The molecule has 0 amide bonds. The van der Waals surface area contributed by atoms with Gasteiger partial charge >= 0.3 is 0 Å². The molecular weight excluding hydrogens is 265 g/mol. The molecule has 1 aromatic carbocycles. The first-order valence-electron chi connectivity index (χ1n) is 3.51. The van der Waals surface area contributed by atoms with Gasteiger partial charge in [0.1, 0.15) is 5.75 Å². The van der Waals surface area contributed by atoms with Gasteiger partial charge in [0.2, 0.25) is 0 Å². The Kier molecular flexibility index (Phi) is 1.88. The Morgan fingerprint density at radius 3 is 2.83 bits per heavy atom. The summed E-state index contributed by atoms with van der Waals surface area (Å²) in [6.45, 7) is 0. The second-order valence-corrected chi connectivity index (χ2v) is 3.63. The van der Waals surface area contributed by atoms with Crippen molar-refractivity contribution in [3.8, 4) is 5.75 Å². The fourth-order valence-corrected chi connectivity index (χ4v) is 1.86. The number of hydrogen-bond donors (Lipinski definition) is 1. The van der Waals surface area contributed by atoms with Gasteiger partial charge in [0, 0.05) is 9.77 Å². The fraction of sp³-hybridized carbons (Fsp3) is 0. The second-order valence-electron chi connectivity index (χ2n) is 2.46. The average Bonchev–Trinajstić information content (AvgIpc) is 2.04. The first-order chi connectivity index (χ1) is 5.79. The predicted molar refractivity (Wildman–Crippen MR) is 56.1 cm³/mol. The number of rotatable bonds is 0. The van der Waals surface area contributed by atoms with Crippen LogP contribution in [-0.2, 0) is 0 Å². The third-order valence-electron chi connectivity index (χ3n) is 1.69. The third kappa shape index (κ3) is 1.14. The molecule has 2 rings (SSSR count). The van der Waals surface area contributed by atoms with Crippen molar-refractivity contribution in [3.05, 3.63) is 34.0 Å². The van der Waals surface area contributed by atoms with E-state index in [9.17, 15) is 5.11 Å². The van der Waals surface area contributed by atoms with Crippen LogP contribution in [0.1, 0.15) is 0 Å². The van der Waals surface area contributed by atoms with Crippen molar-refractivity contribution in [3.63, 3.8) is 0 Å². The molecule has 1 heterocycles. The summed E-state index contributed by atoms with van der Waals surface area (Å²) < 4.78 is 1.02. The molecule has 0 bridgehead atoms. The van der Waals surface area contributed by atoms with Crippen molar-refractivity contribution in [2.45, 2.75) is 0 Å². The van der Waals surface area contributed by atoms with Crippen molar-refractivity contribution < 1.29 is 5.11 Å². The molecule has 2 nitrogen and oxygen atoms in total. The molecule has 0 radical (unpaired) electrons. The van der Waals surface area contributed by atoms with Crippen molar-refractivity contribution >= 4 is 33.5 Å². The third-order valence-corrected chi connectivity index (χ3v) is 2.59. The number of aromatic nitrogens is 1. The Labute approximate surface area is 83.4 Å². The van der Waals surface area contributed by atoms with E-state index in [2.05, 4.69) is 27.6 Å². The lowest BCUT2D eigenvalue weighted by molar-refractivity contribution is 0.481. The van der Waals surface area contributed by atoms with Crippen LogP contribution in [-0.4, -0.2) is 10.1 Å². The van der Waals surface area contributed by atoms with Gasteiger partial charge in [-0.15, -0.1) is 0 Å². The van der Waals surface area contributed by atoms with E-state index in [-0.39, 0.29) is 0 Å². The Morgan fingerprint density at radius 2 is 2.08 bits per heavy atom. The topological polar surface area (TPSA) is 33.1 Å². The van der Waals surface area contributed by atoms with E-state index in [0.29, 0.717) is 5.75 Å². The Bertz CT molecular complexity index is 391. The number of hydrogen-bond acceptors (Lipinski definition) is 2. The Hall–Kier alpha value is -0.840. The molecule has 0 fully saturated rings. The smallest absolute Gasteiger partial charge is 0.126 e. The zero-order valence-electron chi connectivity index (χ0n) is 6.16. The van der Waals surface area contributed by atoms with E-state index in [1.165, 1.54) is 0 Å². The molecule has 0 saturated heterocycles. The van der Waals surface area contributed by atoms with E-state index in [1.807, 2.05) is 12.1 Å². The van der Waals surface area contributed by atoms with Gasteiger partial charge in [0.05, 0.1) is 10.9 Å². The lowest BCUT2D eigenvalue weighted by atomic mass is 10.2. The van der Waals surface area contributed by atoms with E-state index in [4.69, 9.17) is 0 Å². The first kappa shape index (κ1) is 7.79. The van der Waals surface area contributed by atoms with Crippen molar-refractivity contribution in [2.75, 3.05) is 0 Å². The van der Waals surface area contributed by atoms with Crippen LogP contribution >= 0.6 is 22.6 Å². The van der Waals surface area contributed by atoms with E-state index in [1.54, 1.807) is 18.3 Å². The highest BCUT2D eigenvalue weighted by Gasteiger charge is 2.02. The molecule has 0 atom stereocenters. The van der Waals surface area contributed by atoms with Gasteiger partial charge in [-0.1, -0.05) is 6.07 Å². The number of nitrogens with zero attached hydrogens (tertiary/aromatic N) is 1. The van der Waals surface area contributed by atoms with Crippen LogP contribution in [0.25, 0.3) is 10.9 Å². The van der Waals surface area contributed by atoms with E-state index < -0.39 is 0 Å². The maximum Gasteiger partial charge on any atom is 0.126 e. The maximum absolute atomic E-state index is 9.51. The number of phenols is 1. The SMILES string of the molecule is Oc1cccc2nccc(I)c12. The molecule has 0 saturated carbocycles. The van der Waals surface area contributed by atoms with Crippen LogP contribution < -0.4 is 0 Å². The summed E-state index contributed by atoms with van der Waals surface area (Å²) in [5.74, 6) is 0.296. The van der Waals surface area contributed by atoms with Crippen LogP contribution in [0, 0.1) is 3.57 Å². The number of pyridine rings is 1. The van der Waals surface area contributed by atoms with Gasteiger partial charge in [-0.3, -0.25) is 4.98 Å². The second kappa shape index (κ2) is 2.90. The van der Waals surface area contributed by atoms with Crippen LogP contribution in [0.3, 0.4) is 0 Å². The highest BCUT2D eigenvalue weighted by Crippen LogP contribution is 2.26. The number of benzene rings is 1. The van der Waals surface area contributed by atoms with Gasteiger partial charge in [-0.25, -0.2) is 0 Å². The van der Waals surface area contributed by atoms with Gasteiger partial charge in [0.15, 0.2) is 0 Å². The minimum Gasteiger partial charge on any atom is -0.507 e. The molecule has 3 heteroatoms. The zero-order valence-corrected chi connectivity index (χ0v) is 8.32. The largest absolute Gasteiger partial charge is 0.507 e. The predicted octanol–water partition coefficient (Wildman–Crippen LogP) is 2.55. The normalized spacial score (nSPS) is 10.4. The standard InChI is InChI=1S/C9H6INO/c10-6-4-5-11-7-2-1-3-8(12)9(6)7/h1-5,12H. The number of halogens is 1. The summed E-state index contributed by atoms with van der Waals surface area (Å²) in [6, 6.07) is 7.23. The highest BCUT2D eigenvalue weighted by atomic mass is 127. The fourth-order valence-electron chi connectivity index (χ4n) is 1.15. The van der Waals surface area contributed by atoms with Crippen LogP contribution in [0.2, 0.25) is 0 Å². The van der Waals surface area contributed by atoms with Gasteiger partial charge < -0.3 is 5.11 Å². The van der Waals surface area contributed by atoms with Crippen LogP contribution in [0.15, 0.2) is 30.5 Å². The Morgan fingerprint density at radius 1 is 1.25 bits per heavy atom. The number of phenolic OH excluding ortho intramolecular Hbond substituents is 1. The molecule has 1 aromatic heterocycles. The van der Waals surface area contributed by atoms with Gasteiger partial charge in [0.25, 0.3) is 0 Å². The van der Waals surface area contributed by atoms with Crippen molar-refractivity contribution in [2.24, 2.45) is 0 Å². The van der Waals surface area contributed by atoms with E-state index in [0.717, 1.165) is 14.5 Å².